The van der Waals surface area contributed by atoms with Gasteiger partial charge in [0.1, 0.15) is 6.04 Å². The van der Waals surface area contributed by atoms with Crippen LogP contribution in [-0.4, -0.2) is 47.1 Å². The van der Waals surface area contributed by atoms with E-state index in [-0.39, 0.29) is 30.2 Å². The zero-order valence-corrected chi connectivity index (χ0v) is 13.9. The molecule has 2 heterocycles. The number of nitrogens with one attached hydrogen (secondary N) is 1. The molecule has 2 aliphatic rings. The van der Waals surface area contributed by atoms with Gasteiger partial charge in [-0.1, -0.05) is 0 Å². The fraction of sp³-hybridized carbons (Fsp3) is 0.667. The fourth-order valence-electron chi connectivity index (χ4n) is 3.78. The van der Waals surface area contributed by atoms with Crippen LogP contribution < -0.4 is 5.32 Å². The Kier molecular flexibility index (Phi) is 5.56. The van der Waals surface area contributed by atoms with Gasteiger partial charge in [0.25, 0.3) is 5.91 Å². The Hall–Kier alpha value is -1.82. The van der Waals surface area contributed by atoms with Crippen LogP contribution in [0.15, 0.2) is 22.8 Å². The van der Waals surface area contributed by atoms with Crippen LogP contribution in [0.3, 0.4) is 0 Å². The number of aliphatic hydroxyl groups excluding tert-OH is 1. The molecular weight excluding hydrogens is 308 g/mol. The summed E-state index contributed by atoms with van der Waals surface area (Å²) in [6.45, 7) is 0.823. The van der Waals surface area contributed by atoms with Gasteiger partial charge in [0.2, 0.25) is 5.91 Å². The van der Waals surface area contributed by atoms with Crippen molar-refractivity contribution in [3.05, 3.63) is 24.2 Å². The van der Waals surface area contributed by atoms with Crippen LogP contribution in [0.2, 0.25) is 0 Å². The van der Waals surface area contributed by atoms with E-state index in [0.717, 1.165) is 38.5 Å². The van der Waals surface area contributed by atoms with Crippen LogP contribution in [0, 0.1) is 5.92 Å². The maximum Gasteiger partial charge on any atom is 0.290 e. The van der Waals surface area contributed by atoms with Crippen molar-refractivity contribution in [1.29, 1.82) is 0 Å². The number of likely N-dealkylation sites (tertiary alicyclic amines) is 1. The van der Waals surface area contributed by atoms with Crippen LogP contribution in [0.25, 0.3) is 0 Å². The van der Waals surface area contributed by atoms with Gasteiger partial charge in [0.05, 0.1) is 6.26 Å². The lowest BCUT2D eigenvalue weighted by Gasteiger charge is -2.36. The molecule has 1 aromatic rings. The molecule has 2 N–H and O–H groups in total. The first kappa shape index (κ1) is 17.0. The highest BCUT2D eigenvalue weighted by atomic mass is 16.3. The lowest BCUT2D eigenvalue weighted by atomic mass is 9.86. The Morgan fingerprint density at radius 3 is 2.67 bits per heavy atom. The highest BCUT2D eigenvalue weighted by molar-refractivity contribution is 5.95. The summed E-state index contributed by atoms with van der Waals surface area (Å²) in [5.74, 6) is 0.397. The van der Waals surface area contributed by atoms with E-state index in [9.17, 15) is 14.7 Å². The van der Waals surface area contributed by atoms with Crippen molar-refractivity contribution < 1.29 is 19.1 Å². The quantitative estimate of drug-likeness (QED) is 0.881. The molecule has 2 amide bonds. The van der Waals surface area contributed by atoms with E-state index in [1.807, 2.05) is 0 Å². The molecule has 1 aromatic heterocycles. The van der Waals surface area contributed by atoms with Gasteiger partial charge in [0.15, 0.2) is 5.76 Å². The van der Waals surface area contributed by atoms with Crippen LogP contribution >= 0.6 is 0 Å². The van der Waals surface area contributed by atoms with Gasteiger partial charge in [-0.2, -0.15) is 0 Å². The topological polar surface area (TPSA) is 82.8 Å². The monoisotopic (exact) mass is 334 g/mol. The lowest BCUT2D eigenvalue weighted by Crippen LogP contribution is -2.54. The summed E-state index contributed by atoms with van der Waals surface area (Å²) in [6.07, 6.45) is 7.74. The highest BCUT2D eigenvalue weighted by Gasteiger charge is 2.35. The third-order valence-corrected chi connectivity index (χ3v) is 5.25. The summed E-state index contributed by atoms with van der Waals surface area (Å²) in [7, 11) is 0. The molecule has 24 heavy (non-hydrogen) atoms. The van der Waals surface area contributed by atoms with Crippen molar-refractivity contribution in [2.75, 3.05) is 13.2 Å². The minimum atomic E-state index is -0.410. The number of carbonyl (C=O) groups excluding carboxylic acids is 2. The largest absolute Gasteiger partial charge is 0.459 e. The number of hydrogen-bond acceptors (Lipinski definition) is 4. The molecule has 0 spiro atoms. The van der Waals surface area contributed by atoms with E-state index in [0.29, 0.717) is 18.9 Å². The van der Waals surface area contributed by atoms with Crippen LogP contribution in [-0.2, 0) is 4.79 Å². The van der Waals surface area contributed by atoms with Crippen LogP contribution in [0.1, 0.15) is 55.5 Å². The van der Waals surface area contributed by atoms with Crippen molar-refractivity contribution in [1.82, 2.24) is 10.2 Å². The fourth-order valence-corrected chi connectivity index (χ4v) is 3.78. The number of rotatable bonds is 4. The number of piperidine rings is 1. The van der Waals surface area contributed by atoms with Crippen LogP contribution in [0.5, 0.6) is 0 Å². The number of hydrogen-bond donors (Lipinski definition) is 2. The molecule has 0 radical (unpaired) electrons. The summed E-state index contributed by atoms with van der Waals surface area (Å²) in [6, 6.07) is 3.07. The van der Waals surface area contributed by atoms with Gasteiger partial charge in [-0.15, -0.1) is 0 Å². The zero-order valence-electron chi connectivity index (χ0n) is 13.9. The Balaban J connectivity index is 1.60. The average Bonchev–Trinajstić information content (AvgIpc) is 3.16. The second-order valence-electron chi connectivity index (χ2n) is 6.90. The number of amides is 2. The Bertz CT molecular complexity index is 549. The van der Waals surface area contributed by atoms with Gasteiger partial charge in [0, 0.05) is 19.2 Å². The minimum Gasteiger partial charge on any atom is -0.459 e. The molecule has 2 fully saturated rings. The van der Waals surface area contributed by atoms with Crippen molar-refractivity contribution in [3.63, 3.8) is 0 Å². The molecule has 3 rings (SSSR count). The molecule has 1 saturated carbocycles. The number of aliphatic hydroxyl groups is 1. The average molecular weight is 334 g/mol. The standard InChI is InChI=1S/C18H26N2O4/c21-12-13-6-8-14(9-7-13)19-17(22)15-4-1-2-10-20(15)18(23)16-5-3-11-24-16/h3,5,11,13-15,21H,1-2,4,6-10,12H2,(H,19,22). The minimum absolute atomic E-state index is 0.0537. The normalized spacial score (nSPS) is 27.7. The van der Waals surface area contributed by atoms with Gasteiger partial charge in [-0.05, 0) is 63.0 Å². The van der Waals surface area contributed by atoms with E-state index in [2.05, 4.69) is 5.32 Å². The summed E-state index contributed by atoms with van der Waals surface area (Å²) >= 11 is 0. The van der Waals surface area contributed by atoms with Gasteiger partial charge < -0.3 is 19.7 Å². The maximum atomic E-state index is 12.7. The predicted octanol–water partition coefficient (Wildman–Crippen LogP) is 1.94. The first-order chi connectivity index (χ1) is 11.7. The Labute approximate surface area is 142 Å². The van der Waals surface area contributed by atoms with E-state index in [1.165, 1.54) is 6.26 Å². The molecule has 6 heteroatoms. The van der Waals surface area contributed by atoms with Crippen LogP contribution in [0.4, 0.5) is 0 Å². The summed E-state index contributed by atoms with van der Waals surface area (Å²) in [5, 5.41) is 12.3. The molecule has 132 valence electrons. The highest BCUT2D eigenvalue weighted by Crippen LogP contribution is 2.25. The summed E-state index contributed by atoms with van der Waals surface area (Å²) in [5.41, 5.74) is 0. The van der Waals surface area contributed by atoms with Crippen molar-refractivity contribution in [2.24, 2.45) is 5.92 Å². The third kappa shape index (κ3) is 3.80. The van der Waals surface area contributed by atoms with Gasteiger partial charge in [-0.25, -0.2) is 0 Å². The van der Waals surface area contributed by atoms with Crippen molar-refractivity contribution in [3.8, 4) is 0 Å². The third-order valence-electron chi connectivity index (χ3n) is 5.25. The van der Waals surface area contributed by atoms with Gasteiger partial charge >= 0.3 is 0 Å². The molecule has 1 unspecified atom stereocenters. The van der Waals surface area contributed by atoms with Gasteiger partial charge in [-0.3, -0.25) is 9.59 Å². The lowest BCUT2D eigenvalue weighted by molar-refractivity contribution is -0.127. The molecule has 1 atom stereocenters. The first-order valence-electron chi connectivity index (χ1n) is 8.94. The second-order valence-corrected chi connectivity index (χ2v) is 6.90. The summed E-state index contributed by atoms with van der Waals surface area (Å²) in [4.78, 5) is 26.9. The Morgan fingerprint density at radius 2 is 2.00 bits per heavy atom. The molecule has 1 aliphatic heterocycles. The molecule has 1 saturated heterocycles. The number of furan rings is 1. The molecule has 0 aromatic carbocycles. The zero-order chi connectivity index (χ0) is 16.9. The van der Waals surface area contributed by atoms with Crippen molar-refractivity contribution in [2.45, 2.75) is 57.0 Å². The van der Waals surface area contributed by atoms with E-state index in [1.54, 1.807) is 17.0 Å². The second kappa shape index (κ2) is 7.83. The molecule has 6 nitrogen and oxygen atoms in total. The molecular formula is C18H26N2O4. The predicted molar refractivity (Wildman–Crippen MR) is 88.4 cm³/mol. The number of nitrogens with zero attached hydrogens (tertiary/aromatic N) is 1. The Morgan fingerprint density at radius 1 is 1.21 bits per heavy atom. The van der Waals surface area contributed by atoms with E-state index >= 15 is 0 Å². The van der Waals surface area contributed by atoms with E-state index < -0.39 is 6.04 Å². The van der Waals surface area contributed by atoms with E-state index in [4.69, 9.17) is 4.42 Å². The summed E-state index contributed by atoms with van der Waals surface area (Å²) < 4.78 is 5.20. The molecule has 1 aliphatic carbocycles. The first-order valence-corrected chi connectivity index (χ1v) is 8.94. The van der Waals surface area contributed by atoms with Crippen molar-refractivity contribution >= 4 is 11.8 Å². The molecule has 0 bridgehead atoms. The smallest absolute Gasteiger partial charge is 0.290 e. The maximum absolute atomic E-state index is 12.7. The SMILES string of the molecule is O=C(NC1CCC(CO)CC1)C1CCCCN1C(=O)c1ccco1. The number of carbonyl (C=O) groups is 2.